The van der Waals surface area contributed by atoms with Gasteiger partial charge in [0.05, 0.1) is 0 Å². The van der Waals surface area contributed by atoms with Gasteiger partial charge in [0, 0.05) is 11.7 Å². The zero-order valence-electron chi connectivity index (χ0n) is 13.9. The smallest absolute Gasteiger partial charge is 0.351 e. The summed E-state index contributed by atoms with van der Waals surface area (Å²) in [5, 5.41) is 6.55. The first kappa shape index (κ1) is 17.8. The Morgan fingerprint density at radius 3 is 2.61 bits per heavy atom. The Hall–Kier alpha value is -1.53. The van der Waals surface area contributed by atoms with E-state index in [2.05, 4.69) is 24.3 Å². The number of halogens is 3. The van der Waals surface area contributed by atoms with Crippen molar-refractivity contribution in [1.29, 1.82) is 0 Å². The number of alkyl halides is 3. The third kappa shape index (κ3) is 3.87. The molecule has 7 heteroatoms. The summed E-state index contributed by atoms with van der Waals surface area (Å²) in [6.45, 7) is 7.38. The van der Waals surface area contributed by atoms with E-state index in [1.54, 1.807) is 6.92 Å². The molecule has 0 aromatic carbocycles. The van der Waals surface area contributed by atoms with Crippen molar-refractivity contribution < 1.29 is 18.0 Å². The Kier molecular flexibility index (Phi) is 5.06. The van der Waals surface area contributed by atoms with Crippen LogP contribution in [0.4, 0.5) is 13.2 Å². The molecule has 1 amide bonds. The highest BCUT2D eigenvalue weighted by Gasteiger charge is 2.36. The molecule has 1 fully saturated rings. The number of aryl methyl sites for hydroxylation is 1. The number of hydrogen-bond donors (Lipinski definition) is 1. The average Bonchev–Trinajstić information content (AvgIpc) is 2.85. The topological polar surface area (TPSA) is 46.9 Å². The van der Waals surface area contributed by atoms with E-state index in [1.165, 1.54) is 6.92 Å². The third-order valence-corrected chi connectivity index (χ3v) is 4.99. The fourth-order valence-corrected chi connectivity index (χ4v) is 3.22. The van der Waals surface area contributed by atoms with Crippen LogP contribution in [0.3, 0.4) is 0 Å². The van der Waals surface area contributed by atoms with Gasteiger partial charge in [0.15, 0.2) is 5.69 Å². The lowest BCUT2D eigenvalue weighted by molar-refractivity contribution is -0.142. The Morgan fingerprint density at radius 2 is 2.04 bits per heavy atom. The summed E-state index contributed by atoms with van der Waals surface area (Å²) in [5.74, 6) is 0.618. The van der Waals surface area contributed by atoms with Crippen molar-refractivity contribution in [2.45, 2.75) is 65.2 Å². The summed E-state index contributed by atoms with van der Waals surface area (Å²) in [5.41, 5.74) is -0.639. The molecule has 0 aliphatic heterocycles. The van der Waals surface area contributed by atoms with Crippen molar-refractivity contribution in [3.63, 3.8) is 0 Å². The van der Waals surface area contributed by atoms with E-state index in [9.17, 15) is 18.0 Å². The zero-order chi connectivity index (χ0) is 17.4. The summed E-state index contributed by atoms with van der Waals surface area (Å²) in [7, 11) is 0. The molecule has 1 N–H and O–H groups in total. The van der Waals surface area contributed by atoms with Crippen molar-refractivity contribution >= 4 is 5.91 Å². The van der Waals surface area contributed by atoms with Gasteiger partial charge in [-0.15, -0.1) is 0 Å². The second kappa shape index (κ2) is 6.53. The van der Waals surface area contributed by atoms with E-state index in [1.807, 2.05) is 0 Å². The number of carbonyl (C=O) groups excluding carboxylic acids is 1. The quantitative estimate of drug-likeness (QED) is 0.918. The summed E-state index contributed by atoms with van der Waals surface area (Å²) in [6, 6.07) is 0.275. The van der Waals surface area contributed by atoms with Gasteiger partial charge in [-0.3, -0.25) is 9.48 Å². The molecule has 1 aliphatic carbocycles. The van der Waals surface area contributed by atoms with Crippen LogP contribution >= 0.6 is 0 Å². The van der Waals surface area contributed by atoms with Crippen LogP contribution in [0.25, 0.3) is 0 Å². The first-order chi connectivity index (χ1) is 10.6. The molecule has 0 spiro atoms. The van der Waals surface area contributed by atoms with Crippen LogP contribution < -0.4 is 5.32 Å². The molecule has 1 aromatic rings. The van der Waals surface area contributed by atoms with E-state index in [0.717, 1.165) is 30.0 Å². The molecule has 1 heterocycles. The molecular weight excluding hydrogens is 307 g/mol. The number of nitrogens with one attached hydrogen (secondary N) is 1. The molecule has 0 saturated heterocycles. The van der Waals surface area contributed by atoms with Crippen LogP contribution in [0.15, 0.2) is 6.07 Å². The Morgan fingerprint density at radius 1 is 1.39 bits per heavy atom. The van der Waals surface area contributed by atoms with Gasteiger partial charge < -0.3 is 5.32 Å². The molecule has 0 bridgehead atoms. The second-order valence-electron chi connectivity index (χ2n) is 6.67. The number of carbonyl (C=O) groups is 1. The van der Waals surface area contributed by atoms with Crippen molar-refractivity contribution in [3.05, 3.63) is 17.5 Å². The third-order valence-electron chi connectivity index (χ3n) is 4.99. The molecule has 1 aliphatic rings. The summed E-state index contributed by atoms with van der Waals surface area (Å²) in [6.07, 6.45) is -1.38. The predicted octanol–water partition coefficient (Wildman–Crippen LogP) is 3.71. The van der Waals surface area contributed by atoms with Gasteiger partial charge >= 0.3 is 6.18 Å². The molecule has 1 aromatic heterocycles. The van der Waals surface area contributed by atoms with E-state index in [-0.39, 0.29) is 11.9 Å². The Balaban J connectivity index is 2.09. The molecule has 2 rings (SSSR count). The lowest BCUT2D eigenvalue weighted by Gasteiger charge is -2.35. The van der Waals surface area contributed by atoms with Gasteiger partial charge in [-0.05, 0) is 38.2 Å². The van der Waals surface area contributed by atoms with E-state index < -0.39 is 17.9 Å². The summed E-state index contributed by atoms with van der Waals surface area (Å²) < 4.78 is 39.4. The highest BCUT2D eigenvalue weighted by molar-refractivity contribution is 5.80. The minimum Gasteiger partial charge on any atom is -0.351 e. The van der Waals surface area contributed by atoms with Crippen molar-refractivity contribution in [2.75, 3.05) is 0 Å². The molecule has 130 valence electrons. The van der Waals surface area contributed by atoms with E-state index in [4.69, 9.17) is 0 Å². The van der Waals surface area contributed by atoms with Crippen LogP contribution in [0.2, 0.25) is 0 Å². The molecule has 0 unspecified atom stereocenters. The highest BCUT2D eigenvalue weighted by atomic mass is 19.4. The zero-order valence-corrected chi connectivity index (χ0v) is 13.9. The Bertz CT molecular complexity index is 567. The average molecular weight is 331 g/mol. The van der Waals surface area contributed by atoms with Crippen LogP contribution in [-0.4, -0.2) is 21.7 Å². The maximum Gasteiger partial charge on any atom is 0.435 e. The second-order valence-corrected chi connectivity index (χ2v) is 6.67. The van der Waals surface area contributed by atoms with Gasteiger partial charge in [-0.2, -0.15) is 18.3 Å². The van der Waals surface area contributed by atoms with E-state index >= 15 is 0 Å². The van der Waals surface area contributed by atoms with Crippen molar-refractivity contribution in [2.24, 2.45) is 11.8 Å². The number of aromatic nitrogens is 2. The predicted molar refractivity (Wildman–Crippen MR) is 80.8 cm³/mol. The first-order valence-corrected chi connectivity index (χ1v) is 8.05. The molecule has 4 atom stereocenters. The normalized spacial score (nSPS) is 26.8. The van der Waals surface area contributed by atoms with Crippen LogP contribution in [0, 0.1) is 18.8 Å². The SMILES string of the molecule is Cc1cc(C(F)(F)F)nn1[C@H](C)C(=O)N[C@@H]1CCC[C@H](C)[C@@H]1C. The van der Waals surface area contributed by atoms with Gasteiger partial charge in [0.1, 0.15) is 6.04 Å². The van der Waals surface area contributed by atoms with Crippen LogP contribution in [-0.2, 0) is 11.0 Å². The number of amides is 1. The molecule has 0 radical (unpaired) electrons. The number of hydrogen-bond acceptors (Lipinski definition) is 2. The maximum absolute atomic E-state index is 12.7. The largest absolute Gasteiger partial charge is 0.435 e. The molecule has 1 saturated carbocycles. The fourth-order valence-electron chi connectivity index (χ4n) is 3.22. The Labute approximate surface area is 134 Å². The van der Waals surface area contributed by atoms with Gasteiger partial charge in [0.2, 0.25) is 5.91 Å². The summed E-state index contributed by atoms with van der Waals surface area (Å²) in [4.78, 5) is 12.4. The lowest BCUT2D eigenvalue weighted by atomic mass is 9.78. The fraction of sp³-hybridized carbons (Fsp3) is 0.750. The minimum absolute atomic E-state index is 0.0756. The first-order valence-electron chi connectivity index (χ1n) is 8.05. The molecule has 23 heavy (non-hydrogen) atoms. The standard InChI is InChI=1S/C16H24F3N3O/c1-9-6-5-7-13(11(9)3)20-15(23)12(4)22-10(2)8-14(21-22)16(17,18)19/h8-9,11-13H,5-7H2,1-4H3,(H,20,23)/t9-,11-,12+,13+/m0/s1. The lowest BCUT2D eigenvalue weighted by Crippen LogP contribution is -2.46. The van der Waals surface area contributed by atoms with Crippen LogP contribution in [0.5, 0.6) is 0 Å². The van der Waals surface area contributed by atoms with Crippen molar-refractivity contribution in [3.8, 4) is 0 Å². The minimum atomic E-state index is -4.50. The monoisotopic (exact) mass is 331 g/mol. The van der Waals surface area contributed by atoms with Crippen LogP contribution in [0.1, 0.15) is 57.5 Å². The van der Waals surface area contributed by atoms with Gasteiger partial charge in [-0.25, -0.2) is 0 Å². The van der Waals surface area contributed by atoms with Gasteiger partial charge in [-0.1, -0.05) is 26.7 Å². The number of nitrogens with zero attached hydrogens (tertiary/aromatic N) is 2. The van der Waals surface area contributed by atoms with E-state index in [0.29, 0.717) is 17.5 Å². The number of rotatable bonds is 3. The van der Waals surface area contributed by atoms with Gasteiger partial charge in [0.25, 0.3) is 0 Å². The molecular formula is C16H24F3N3O. The highest BCUT2D eigenvalue weighted by Crippen LogP contribution is 2.31. The molecule has 4 nitrogen and oxygen atoms in total. The maximum atomic E-state index is 12.7. The summed E-state index contributed by atoms with van der Waals surface area (Å²) >= 11 is 0. The van der Waals surface area contributed by atoms with Crippen molar-refractivity contribution in [1.82, 2.24) is 15.1 Å².